The summed E-state index contributed by atoms with van der Waals surface area (Å²) in [4.78, 5) is 115. The number of carbonyl (C=O) groups excluding carboxylic acids is 5. The number of hydrogen-bond acceptors (Lipinski definition) is 25. The maximum absolute atomic E-state index is 15.0. The first kappa shape index (κ1) is 98.0. The molecule has 3 aliphatic heterocycles. The summed E-state index contributed by atoms with van der Waals surface area (Å²) in [6.45, 7) is 25.9. The second-order valence-corrected chi connectivity index (χ2v) is 34.1. The number of aryl methyl sites for hydroxylation is 2. The molecule has 3 aliphatic rings. The average Bonchev–Trinajstić information content (AvgIpc) is 1.45. The second kappa shape index (κ2) is 45.9. The number of nitrogens with two attached hydrogens (primary N) is 1. The molecule has 0 bridgehead atoms. The lowest BCUT2D eigenvalue weighted by atomic mass is 10.0. The number of fused-ring (bicyclic) bond motifs is 5. The number of imidazole rings is 2. The minimum absolute atomic E-state index is 0.00232. The minimum Gasteiger partial charge on any atom is -0.382 e. The zero-order valence-corrected chi connectivity index (χ0v) is 79.5. The second-order valence-electron chi connectivity index (χ2n) is 33.7. The Labute approximate surface area is 814 Å². The zero-order valence-electron chi connectivity index (χ0n) is 78.7. The van der Waals surface area contributed by atoms with Gasteiger partial charge in [-0.2, -0.15) is 10.1 Å². The molecule has 11 heterocycles. The van der Waals surface area contributed by atoms with E-state index < -0.39 is 5.82 Å². The first-order valence-electron chi connectivity index (χ1n) is 45.4. The number of nitrogens with zero attached hydrogens (tertiary/aromatic N) is 18. The number of amides is 5. The van der Waals surface area contributed by atoms with Gasteiger partial charge in [0.2, 0.25) is 17.8 Å². The number of carbonyl (C=O) groups is 5. The number of ether oxygens (including phenoxy) is 2. The predicted molar refractivity (Wildman–Crippen MR) is 550 cm³/mol. The number of rotatable bonds is 27. The maximum atomic E-state index is 15.0. The van der Waals surface area contributed by atoms with Crippen molar-refractivity contribution < 1.29 is 37.8 Å². The summed E-state index contributed by atoms with van der Waals surface area (Å²) in [7, 11) is 9.31. The summed E-state index contributed by atoms with van der Waals surface area (Å²) in [5, 5.41) is 27.3. The van der Waals surface area contributed by atoms with E-state index in [1.54, 1.807) is 121 Å². The number of para-hydroxylation sites is 1. The van der Waals surface area contributed by atoms with Crippen LogP contribution in [0, 0.1) is 19.7 Å². The van der Waals surface area contributed by atoms with Gasteiger partial charge in [0.15, 0.2) is 11.5 Å². The number of nitrogens with one attached hydrogen (secondary N) is 7. The quantitative estimate of drug-likeness (QED) is 0.0175. The summed E-state index contributed by atoms with van der Waals surface area (Å²) in [6.07, 6.45) is 24.6. The van der Waals surface area contributed by atoms with Crippen LogP contribution in [0.3, 0.4) is 0 Å². The number of morpholine rings is 2. The number of hydrogen-bond donors (Lipinski definition) is 8. The standard InChI is InChI=1S/C30H34N8O2.C26H25N7O2.C25H24ClN5O2.C24H25FN6O/c1-20-13-14-32-24(19-20)34-30(40)22-11-9-21(10-12-22)26-27-28(31)33-15-18-38(27)29(35-26)23-7-4-5-17-37(23)25(39)8-6-16-36(2)3;1-3-17(2)28-21-6-4-5-19(15-21)23-22-16-27-32-24(22)31-26(30-23)29-20-9-7-18(8-10-20)25(34)33-11-13-35-14-12-33;1-3-17(2)28-21-6-4-5-19(15-21)23-22(26)16-27-25(30-23)29-20-9-7-18(8-10-20)24(32)31-11-13-33-14-12-31;1-16-8-5-6-9-18(16)27-24-22-14-26-15-31(22)21-13-20(17(25)12-19(21)28-24)30(4)23(32)10-7-11-29(2)3/h6,8-15,18-19,23H,4-5,7,16-17H2,1-3H3,(H2,31,33)(H,32,34,40);3-10,15-16,28H,1-2,11-14H2,(H2,27,29,30,31,32);3-10,15-16,28H,1-2,11-14H2,(H,27,29,30);5-10,12-15H,11H2,1-4H3,(H,27,28)/b8-6+;;;10-7+/t23-;;;/m0.../s1. The molecule has 1 atom stereocenters. The Morgan fingerprint density at radius 1 is 0.579 bits per heavy atom. The lowest BCUT2D eigenvalue weighted by molar-refractivity contribution is -0.130. The smallest absolute Gasteiger partial charge is 0.256 e. The number of benzene rings is 7. The number of aromatic nitrogens is 13. The molecule has 35 heteroatoms. The molecule has 0 aliphatic carbocycles. The molecule has 18 rings (SSSR count). The van der Waals surface area contributed by atoms with Gasteiger partial charge in [0.05, 0.1) is 95.9 Å². The molecule has 714 valence electrons. The van der Waals surface area contributed by atoms with Crippen molar-refractivity contribution in [2.24, 2.45) is 0 Å². The molecular weight excluding hydrogens is 1790 g/mol. The fourth-order valence-electron chi connectivity index (χ4n) is 15.7. The van der Waals surface area contributed by atoms with Crippen molar-refractivity contribution in [3.63, 3.8) is 0 Å². The minimum atomic E-state index is -0.525. The number of H-pyrrole nitrogens is 1. The molecule has 7 aromatic carbocycles. The fraction of sp³-hybridized carbons (Fsp3) is 0.210. The number of anilines is 11. The van der Waals surface area contributed by atoms with Gasteiger partial charge in [0, 0.05) is 163 Å². The lowest BCUT2D eigenvalue weighted by Crippen LogP contribution is -2.40. The third-order valence-corrected chi connectivity index (χ3v) is 23.3. The van der Waals surface area contributed by atoms with Crippen LogP contribution in [0.5, 0.6) is 0 Å². The van der Waals surface area contributed by atoms with Crippen molar-refractivity contribution in [2.75, 3.05) is 150 Å². The third kappa shape index (κ3) is 24.5. The SMILES string of the molecule is C=CC(=C)Nc1cccc(-c2nc(Nc3ccc(C(=O)N4CCOCC4)cc3)nc3[nH]ncc23)c1.C=CC(=C)Nc1cccc(-c2nc(Nc3ccc(C(=O)N4CCOCC4)cc3)ncc2Cl)c1.Cc1ccccc1Nc1nc2cc(F)c(N(C)C(=O)/C=C/CN(C)C)cc2n2cncc12.Cc1ccnc(NC(=O)c2ccc(-c3nc([C@@H]4CCCCN4C(=O)/C=C/CN(C)C)n4ccnc(N)c34)cc2)c1. The van der Waals surface area contributed by atoms with Crippen molar-refractivity contribution in [1.82, 2.24) is 88.4 Å². The molecule has 5 amide bonds. The number of likely N-dealkylation sites (N-methyl/N-ethyl adjacent to an activating group) is 3. The molecule has 8 aromatic heterocycles. The van der Waals surface area contributed by atoms with Crippen LogP contribution in [0.2, 0.25) is 5.02 Å². The highest BCUT2D eigenvalue weighted by molar-refractivity contribution is 6.33. The number of nitrogen functional groups attached to an aromatic ring is 1. The molecule has 0 radical (unpaired) electrons. The van der Waals surface area contributed by atoms with E-state index in [1.807, 2.05) is 199 Å². The van der Waals surface area contributed by atoms with Crippen LogP contribution in [0.15, 0.2) is 288 Å². The zero-order chi connectivity index (χ0) is 98.5. The van der Waals surface area contributed by atoms with Crippen LogP contribution in [0.4, 0.5) is 67.9 Å². The van der Waals surface area contributed by atoms with Gasteiger partial charge in [-0.15, -0.1) is 0 Å². The Morgan fingerprint density at radius 3 is 1.82 bits per heavy atom. The van der Waals surface area contributed by atoms with Crippen molar-refractivity contribution in [3.05, 3.63) is 332 Å². The Kier molecular flexibility index (Phi) is 32.1. The summed E-state index contributed by atoms with van der Waals surface area (Å²) in [5.41, 5.74) is 23.6. The normalized spacial score (nSPS) is 13.7. The number of aromatic amines is 1. The predicted octanol–water partition coefficient (Wildman–Crippen LogP) is 17.7. The Balaban J connectivity index is 0.000000142. The van der Waals surface area contributed by atoms with Crippen LogP contribution >= 0.6 is 11.6 Å². The number of halogens is 2. The van der Waals surface area contributed by atoms with Gasteiger partial charge in [-0.1, -0.05) is 105 Å². The van der Waals surface area contributed by atoms with Gasteiger partial charge >= 0.3 is 0 Å². The first-order valence-corrected chi connectivity index (χ1v) is 45.7. The Hall–Kier alpha value is -16.5. The van der Waals surface area contributed by atoms with Crippen LogP contribution in [0.25, 0.3) is 66.9 Å². The van der Waals surface area contributed by atoms with Gasteiger partial charge in [-0.05, 0) is 194 Å². The molecule has 0 spiro atoms. The maximum Gasteiger partial charge on any atom is 0.256 e. The van der Waals surface area contributed by atoms with Gasteiger partial charge in [0.1, 0.15) is 40.0 Å². The van der Waals surface area contributed by atoms with E-state index in [0.717, 1.165) is 97.9 Å². The molecule has 9 N–H and O–H groups in total. The number of pyridine rings is 1. The van der Waals surface area contributed by atoms with E-state index in [-0.39, 0.29) is 41.3 Å². The molecule has 140 heavy (non-hydrogen) atoms. The lowest BCUT2D eigenvalue weighted by Gasteiger charge is -2.34. The Morgan fingerprint density at radius 2 is 1.19 bits per heavy atom. The van der Waals surface area contributed by atoms with Gasteiger partial charge in [-0.25, -0.2) is 44.3 Å². The fourth-order valence-corrected chi connectivity index (χ4v) is 15.9. The van der Waals surface area contributed by atoms with E-state index in [4.69, 9.17) is 36.8 Å². The highest BCUT2D eigenvalue weighted by Crippen LogP contribution is 2.39. The van der Waals surface area contributed by atoms with Crippen LogP contribution in [-0.4, -0.2) is 225 Å². The molecule has 0 unspecified atom stereocenters. The monoisotopic (exact) mass is 1900 g/mol. The first-order chi connectivity index (χ1) is 67.8. The molecule has 33 nitrogen and oxygen atoms in total. The molecule has 15 aromatic rings. The van der Waals surface area contributed by atoms with E-state index >= 15 is 4.39 Å². The molecule has 3 fully saturated rings. The highest BCUT2D eigenvalue weighted by atomic mass is 35.5. The van der Waals surface area contributed by atoms with Gasteiger partial charge in [0.25, 0.3) is 23.6 Å². The van der Waals surface area contributed by atoms with Crippen LogP contribution < -0.4 is 42.5 Å². The summed E-state index contributed by atoms with van der Waals surface area (Å²) < 4.78 is 29.4. The summed E-state index contributed by atoms with van der Waals surface area (Å²) in [6, 6.07) is 51.6. The van der Waals surface area contributed by atoms with E-state index in [9.17, 15) is 24.0 Å². The molecule has 3 saturated heterocycles. The average molecular weight is 1900 g/mol. The molecular formula is C105H108ClFN26O7. The summed E-state index contributed by atoms with van der Waals surface area (Å²) >= 11 is 6.39. The third-order valence-electron chi connectivity index (χ3n) is 23.0. The largest absolute Gasteiger partial charge is 0.382 e. The van der Waals surface area contributed by atoms with Crippen molar-refractivity contribution in [3.8, 4) is 33.8 Å². The van der Waals surface area contributed by atoms with Crippen LogP contribution in [0.1, 0.15) is 73.3 Å². The van der Waals surface area contributed by atoms with Gasteiger partial charge < -0.3 is 76.5 Å². The number of likely N-dealkylation sites (tertiary alicyclic amines) is 1. The topological polar surface area (TPSA) is 375 Å². The molecule has 0 saturated carbocycles. The number of piperidine rings is 1. The van der Waals surface area contributed by atoms with E-state index in [2.05, 4.69) is 103 Å². The van der Waals surface area contributed by atoms with Crippen molar-refractivity contribution in [2.45, 2.75) is 39.2 Å². The summed E-state index contributed by atoms with van der Waals surface area (Å²) in [5.74, 6) is 1.89. The van der Waals surface area contributed by atoms with E-state index in [0.29, 0.717) is 168 Å². The van der Waals surface area contributed by atoms with Crippen molar-refractivity contribution >= 4 is 138 Å². The highest BCUT2D eigenvalue weighted by Gasteiger charge is 2.33. The Bertz CT molecular complexity index is 7130. The van der Waals surface area contributed by atoms with Crippen LogP contribution in [-0.2, 0) is 19.1 Å². The van der Waals surface area contributed by atoms with E-state index in [1.165, 1.54) is 17.0 Å². The van der Waals surface area contributed by atoms with Gasteiger partial charge in [-0.3, -0.25) is 37.9 Å². The number of allylic oxidation sites excluding steroid dienone is 2. The van der Waals surface area contributed by atoms with Crippen molar-refractivity contribution in [1.29, 1.82) is 0 Å².